The molecule has 1 aliphatic heterocycles. The Morgan fingerprint density at radius 1 is 1.05 bits per heavy atom. The molecule has 0 bridgehead atoms. The first-order valence-electron chi connectivity index (χ1n) is 6.07. The highest BCUT2D eigenvalue weighted by atomic mass is 79.9. The van der Waals surface area contributed by atoms with E-state index in [4.69, 9.17) is 0 Å². The van der Waals surface area contributed by atoms with E-state index in [0.29, 0.717) is 15.7 Å². The number of hydrogen-bond acceptors (Lipinski definition) is 2. The molecule has 0 N–H and O–H groups in total. The van der Waals surface area contributed by atoms with Gasteiger partial charge < -0.3 is 4.90 Å². The second-order valence-electron chi connectivity index (χ2n) is 4.62. The van der Waals surface area contributed by atoms with Gasteiger partial charge in [0, 0.05) is 8.95 Å². The first kappa shape index (κ1) is 14.4. The SMILES string of the molecule is O=C1C(=O)N(Cc2ccc(F)cc2Br)c2cc(Br)ccc21. The van der Waals surface area contributed by atoms with E-state index in [1.54, 1.807) is 24.3 Å². The molecule has 0 aliphatic carbocycles. The van der Waals surface area contributed by atoms with Crippen LogP contribution in [0.1, 0.15) is 15.9 Å². The topological polar surface area (TPSA) is 37.4 Å². The third-order valence-corrected chi connectivity index (χ3v) is 4.51. The van der Waals surface area contributed by atoms with Crippen LogP contribution in [-0.2, 0) is 11.3 Å². The van der Waals surface area contributed by atoms with Gasteiger partial charge in [0.2, 0.25) is 0 Å². The Labute approximate surface area is 137 Å². The average molecular weight is 413 g/mol. The van der Waals surface area contributed by atoms with Gasteiger partial charge in [-0.15, -0.1) is 0 Å². The van der Waals surface area contributed by atoms with Crippen molar-refractivity contribution in [2.24, 2.45) is 0 Å². The number of nitrogens with zero attached hydrogens (tertiary/aromatic N) is 1. The van der Waals surface area contributed by atoms with Gasteiger partial charge in [0.05, 0.1) is 17.8 Å². The van der Waals surface area contributed by atoms with Gasteiger partial charge in [-0.05, 0) is 35.9 Å². The van der Waals surface area contributed by atoms with E-state index in [1.165, 1.54) is 17.0 Å². The number of carbonyl (C=O) groups excluding carboxylic acids is 2. The van der Waals surface area contributed by atoms with Crippen molar-refractivity contribution in [3.05, 3.63) is 62.3 Å². The van der Waals surface area contributed by atoms with E-state index in [9.17, 15) is 14.0 Å². The number of benzene rings is 2. The number of halogens is 3. The van der Waals surface area contributed by atoms with E-state index in [1.807, 2.05) is 0 Å². The molecule has 0 fully saturated rings. The predicted octanol–water partition coefficient (Wildman–Crippen LogP) is 4.08. The number of anilines is 1. The molecule has 2 aromatic rings. The van der Waals surface area contributed by atoms with Crippen LogP contribution in [0.15, 0.2) is 45.3 Å². The lowest BCUT2D eigenvalue weighted by molar-refractivity contribution is -0.114. The summed E-state index contributed by atoms with van der Waals surface area (Å²) in [6.45, 7) is 0.203. The van der Waals surface area contributed by atoms with Gasteiger partial charge in [0.1, 0.15) is 5.82 Å². The van der Waals surface area contributed by atoms with Crippen molar-refractivity contribution < 1.29 is 14.0 Å². The number of hydrogen-bond donors (Lipinski definition) is 0. The summed E-state index contributed by atoms with van der Waals surface area (Å²) in [5.41, 5.74) is 1.68. The van der Waals surface area contributed by atoms with Gasteiger partial charge in [-0.3, -0.25) is 9.59 Å². The Kier molecular flexibility index (Phi) is 3.67. The molecule has 1 aliphatic rings. The summed E-state index contributed by atoms with van der Waals surface area (Å²) in [5, 5.41) is 0. The smallest absolute Gasteiger partial charge is 0.299 e. The Bertz CT molecular complexity index is 776. The van der Waals surface area contributed by atoms with Crippen LogP contribution in [0.3, 0.4) is 0 Å². The summed E-state index contributed by atoms with van der Waals surface area (Å²) in [6, 6.07) is 9.33. The largest absolute Gasteiger partial charge is 0.300 e. The molecule has 0 aromatic heterocycles. The lowest BCUT2D eigenvalue weighted by Gasteiger charge is -2.17. The van der Waals surface area contributed by atoms with Crippen molar-refractivity contribution >= 4 is 49.2 Å². The second-order valence-corrected chi connectivity index (χ2v) is 6.39. The molecule has 0 saturated heterocycles. The van der Waals surface area contributed by atoms with Gasteiger partial charge in [0.25, 0.3) is 11.7 Å². The van der Waals surface area contributed by atoms with Crippen LogP contribution in [0.5, 0.6) is 0 Å². The summed E-state index contributed by atoms with van der Waals surface area (Å²) in [5.74, 6) is -1.45. The monoisotopic (exact) mass is 411 g/mol. The second kappa shape index (κ2) is 5.35. The van der Waals surface area contributed by atoms with Crippen LogP contribution in [0.2, 0.25) is 0 Å². The normalized spacial score (nSPS) is 13.8. The molecule has 6 heteroatoms. The minimum absolute atomic E-state index is 0.203. The molecule has 0 unspecified atom stereocenters. The molecule has 21 heavy (non-hydrogen) atoms. The molecule has 0 spiro atoms. The van der Waals surface area contributed by atoms with Gasteiger partial charge >= 0.3 is 0 Å². The average Bonchev–Trinajstić information content (AvgIpc) is 2.66. The fourth-order valence-electron chi connectivity index (χ4n) is 2.24. The highest BCUT2D eigenvalue weighted by Crippen LogP contribution is 2.33. The van der Waals surface area contributed by atoms with Crippen LogP contribution in [-0.4, -0.2) is 11.7 Å². The maximum atomic E-state index is 13.1. The fraction of sp³-hybridized carbons (Fsp3) is 0.0667. The summed E-state index contributed by atoms with van der Waals surface area (Å²) >= 11 is 6.61. The lowest BCUT2D eigenvalue weighted by Crippen LogP contribution is -2.29. The third-order valence-electron chi connectivity index (χ3n) is 3.28. The summed E-state index contributed by atoms with van der Waals surface area (Å²) in [6.07, 6.45) is 0. The van der Waals surface area contributed by atoms with E-state index in [-0.39, 0.29) is 12.4 Å². The highest BCUT2D eigenvalue weighted by molar-refractivity contribution is 9.10. The zero-order valence-corrected chi connectivity index (χ0v) is 13.7. The standard InChI is InChI=1S/C15H8Br2FNO2/c16-9-2-4-11-13(5-9)19(15(21)14(11)20)7-8-1-3-10(18)6-12(8)17/h1-6H,7H2. The quantitative estimate of drug-likeness (QED) is 0.697. The van der Waals surface area contributed by atoms with Crippen LogP contribution in [0, 0.1) is 5.82 Å². The van der Waals surface area contributed by atoms with E-state index in [0.717, 1.165) is 10.0 Å². The zero-order valence-electron chi connectivity index (χ0n) is 10.6. The van der Waals surface area contributed by atoms with Crippen molar-refractivity contribution in [2.45, 2.75) is 6.54 Å². The van der Waals surface area contributed by atoms with Crippen molar-refractivity contribution in [3.8, 4) is 0 Å². The minimum atomic E-state index is -0.570. The third kappa shape index (κ3) is 2.53. The number of Topliss-reactive ketones (excluding diaryl/α,β-unsaturated/α-hetero) is 1. The van der Waals surface area contributed by atoms with Crippen LogP contribution in [0.25, 0.3) is 0 Å². The molecule has 2 aromatic carbocycles. The number of rotatable bonds is 2. The Morgan fingerprint density at radius 3 is 2.52 bits per heavy atom. The van der Waals surface area contributed by atoms with Gasteiger partial charge in [-0.1, -0.05) is 37.9 Å². The van der Waals surface area contributed by atoms with Crippen LogP contribution < -0.4 is 4.90 Å². The van der Waals surface area contributed by atoms with Gasteiger partial charge in [-0.2, -0.15) is 0 Å². The Morgan fingerprint density at radius 2 is 1.81 bits per heavy atom. The summed E-state index contributed by atoms with van der Waals surface area (Å²) < 4.78 is 14.5. The van der Waals surface area contributed by atoms with E-state index in [2.05, 4.69) is 31.9 Å². The van der Waals surface area contributed by atoms with Crippen molar-refractivity contribution in [2.75, 3.05) is 4.90 Å². The maximum Gasteiger partial charge on any atom is 0.299 e. The first-order chi connectivity index (χ1) is 9.97. The highest BCUT2D eigenvalue weighted by Gasteiger charge is 2.35. The van der Waals surface area contributed by atoms with Crippen LogP contribution >= 0.6 is 31.9 Å². The number of fused-ring (bicyclic) bond motifs is 1. The summed E-state index contributed by atoms with van der Waals surface area (Å²) in [7, 11) is 0. The molecular weight excluding hydrogens is 405 g/mol. The van der Waals surface area contributed by atoms with Crippen molar-refractivity contribution in [1.82, 2.24) is 0 Å². The molecule has 1 heterocycles. The van der Waals surface area contributed by atoms with Gasteiger partial charge in [0.15, 0.2) is 0 Å². The molecule has 0 atom stereocenters. The zero-order chi connectivity index (χ0) is 15.1. The Hall–Kier alpha value is -1.53. The van der Waals surface area contributed by atoms with E-state index < -0.39 is 11.7 Å². The molecule has 0 radical (unpaired) electrons. The molecule has 3 nitrogen and oxygen atoms in total. The molecule has 3 rings (SSSR count). The van der Waals surface area contributed by atoms with Crippen molar-refractivity contribution in [1.29, 1.82) is 0 Å². The number of amides is 1. The fourth-order valence-corrected chi connectivity index (χ4v) is 3.07. The maximum absolute atomic E-state index is 13.1. The predicted molar refractivity (Wildman–Crippen MR) is 83.8 cm³/mol. The van der Waals surface area contributed by atoms with Crippen LogP contribution in [0.4, 0.5) is 10.1 Å². The Balaban J connectivity index is 2.02. The van der Waals surface area contributed by atoms with E-state index >= 15 is 0 Å². The number of carbonyl (C=O) groups is 2. The summed E-state index contributed by atoms with van der Waals surface area (Å²) in [4.78, 5) is 25.5. The molecule has 0 saturated carbocycles. The van der Waals surface area contributed by atoms with Crippen molar-refractivity contribution in [3.63, 3.8) is 0 Å². The van der Waals surface area contributed by atoms with Gasteiger partial charge in [-0.25, -0.2) is 4.39 Å². The molecule has 106 valence electrons. The minimum Gasteiger partial charge on any atom is -0.300 e. The first-order valence-corrected chi connectivity index (χ1v) is 7.65. The molecular formula is C15H8Br2FNO2. The molecule has 1 amide bonds. The lowest BCUT2D eigenvalue weighted by atomic mass is 10.1. The number of ketones is 1.